The van der Waals surface area contributed by atoms with Gasteiger partial charge in [-0.05, 0) is 31.0 Å². The van der Waals surface area contributed by atoms with E-state index in [2.05, 4.69) is 10.6 Å². The Morgan fingerprint density at radius 1 is 1.39 bits per heavy atom. The molecule has 3 N–H and O–H groups in total. The van der Waals surface area contributed by atoms with E-state index in [1.165, 1.54) is 18.1 Å². The molecule has 3 rings (SSSR count). The van der Waals surface area contributed by atoms with Gasteiger partial charge in [0.2, 0.25) is 0 Å². The fourth-order valence-electron chi connectivity index (χ4n) is 2.55. The third-order valence-corrected chi connectivity index (χ3v) is 4.10. The molecule has 8 heteroatoms. The number of urea groups is 1. The predicted octanol–water partition coefficient (Wildman–Crippen LogP) is 0.572. The summed E-state index contributed by atoms with van der Waals surface area (Å²) in [7, 11) is 1.48. The third-order valence-electron chi connectivity index (χ3n) is 4.10. The Morgan fingerprint density at radius 2 is 2.13 bits per heavy atom. The minimum atomic E-state index is -1.15. The highest BCUT2D eigenvalue weighted by atomic mass is 16.5. The summed E-state index contributed by atoms with van der Waals surface area (Å²) in [6.45, 7) is 0.986. The molecule has 0 spiro atoms. The fraction of sp³-hybridized carbons (Fsp3) is 0.400. The molecule has 1 saturated carbocycles. The largest absolute Gasteiger partial charge is 0.495 e. The van der Waals surface area contributed by atoms with E-state index >= 15 is 0 Å². The summed E-state index contributed by atoms with van der Waals surface area (Å²) in [6, 6.07) is 4.42. The second-order valence-electron chi connectivity index (χ2n) is 5.61. The highest BCUT2D eigenvalue weighted by Crippen LogP contribution is 2.36. The summed E-state index contributed by atoms with van der Waals surface area (Å²) in [4.78, 5) is 36.8. The van der Waals surface area contributed by atoms with Crippen LogP contribution in [0.3, 0.4) is 0 Å². The zero-order chi connectivity index (χ0) is 16.6. The quantitative estimate of drug-likeness (QED) is 0.735. The average Bonchev–Trinajstić information content (AvgIpc) is 3.20. The Labute approximate surface area is 132 Å². The summed E-state index contributed by atoms with van der Waals surface area (Å²) in [5.41, 5.74) is -0.384. The molecule has 8 nitrogen and oxygen atoms in total. The summed E-state index contributed by atoms with van der Waals surface area (Å²) in [5, 5.41) is 14.4. The fourth-order valence-corrected chi connectivity index (χ4v) is 2.55. The lowest BCUT2D eigenvalue weighted by molar-refractivity contribution is -0.140. The van der Waals surface area contributed by atoms with E-state index in [4.69, 9.17) is 9.84 Å². The van der Waals surface area contributed by atoms with Crippen LogP contribution in [0.2, 0.25) is 0 Å². The minimum Gasteiger partial charge on any atom is -0.495 e. The zero-order valence-corrected chi connectivity index (χ0v) is 12.6. The first-order chi connectivity index (χ1) is 11.0. The SMILES string of the molecule is COc1ccc(C(=O)NC2(C(=O)O)CC2)cc1N1CCNC1=O. The maximum atomic E-state index is 12.3. The van der Waals surface area contributed by atoms with Crippen LogP contribution in [0, 0.1) is 0 Å². The number of ether oxygens (including phenoxy) is 1. The number of aliphatic carboxylic acids is 1. The van der Waals surface area contributed by atoms with Crippen molar-refractivity contribution < 1.29 is 24.2 Å². The Morgan fingerprint density at radius 3 is 2.65 bits per heavy atom. The summed E-state index contributed by atoms with van der Waals surface area (Å²) >= 11 is 0. The molecule has 23 heavy (non-hydrogen) atoms. The van der Waals surface area contributed by atoms with E-state index in [1.54, 1.807) is 12.1 Å². The maximum absolute atomic E-state index is 12.3. The highest BCUT2D eigenvalue weighted by Gasteiger charge is 2.51. The van der Waals surface area contributed by atoms with Crippen molar-refractivity contribution in [1.29, 1.82) is 0 Å². The highest BCUT2D eigenvalue weighted by molar-refractivity contribution is 6.02. The first-order valence-electron chi connectivity index (χ1n) is 7.26. The second kappa shape index (κ2) is 5.45. The second-order valence-corrected chi connectivity index (χ2v) is 5.61. The number of benzene rings is 1. The molecule has 0 unspecified atom stereocenters. The van der Waals surface area contributed by atoms with Crippen molar-refractivity contribution in [3.63, 3.8) is 0 Å². The molecule has 2 fully saturated rings. The van der Waals surface area contributed by atoms with E-state index in [0.29, 0.717) is 37.4 Å². The van der Waals surface area contributed by atoms with Gasteiger partial charge in [-0.15, -0.1) is 0 Å². The lowest BCUT2D eigenvalue weighted by Crippen LogP contribution is -2.43. The van der Waals surface area contributed by atoms with Gasteiger partial charge in [-0.1, -0.05) is 0 Å². The van der Waals surface area contributed by atoms with E-state index < -0.39 is 17.4 Å². The van der Waals surface area contributed by atoms with E-state index in [-0.39, 0.29) is 11.6 Å². The number of carbonyl (C=O) groups excluding carboxylic acids is 2. The number of anilines is 1. The van der Waals surface area contributed by atoms with Crippen molar-refractivity contribution in [2.75, 3.05) is 25.1 Å². The molecule has 0 aromatic heterocycles. The van der Waals surface area contributed by atoms with Crippen molar-refractivity contribution in [1.82, 2.24) is 10.6 Å². The number of amides is 3. The third kappa shape index (κ3) is 2.67. The maximum Gasteiger partial charge on any atom is 0.329 e. The molecule has 1 aliphatic carbocycles. The molecule has 0 atom stereocenters. The number of carbonyl (C=O) groups is 3. The average molecular weight is 319 g/mol. The topological polar surface area (TPSA) is 108 Å². The van der Waals surface area contributed by atoms with Crippen molar-refractivity contribution in [3.8, 4) is 5.75 Å². The van der Waals surface area contributed by atoms with Gasteiger partial charge in [0.25, 0.3) is 5.91 Å². The molecule has 1 saturated heterocycles. The lowest BCUT2D eigenvalue weighted by atomic mass is 10.1. The predicted molar refractivity (Wildman–Crippen MR) is 80.8 cm³/mol. The molecular formula is C15H17N3O5. The van der Waals surface area contributed by atoms with Crippen LogP contribution in [0.4, 0.5) is 10.5 Å². The first-order valence-corrected chi connectivity index (χ1v) is 7.26. The molecule has 0 radical (unpaired) electrons. The van der Waals surface area contributed by atoms with Gasteiger partial charge in [-0.2, -0.15) is 0 Å². The molecular weight excluding hydrogens is 302 g/mol. The molecule has 1 aromatic carbocycles. The van der Waals surface area contributed by atoms with Crippen LogP contribution in [0.5, 0.6) is 5.75 Å². The summed E-state index contributed by atoms with van der Waals surface area (Å²) < 4.78 is 5.24. The first kappa shape index (κ1) is 15.1. The molecule has 1 aliphatic heterocycles. The van der Waals surface area contributed by atoms with Crippen molar-refractivity contribution in [2.24, 2.45) is 0 Å². The monoisotopic (exact) mass is 319 g/mol. The zero-order valence-electron chi connectivity index (χ0n) is 12.6. The Balaban J connectivity index is 1.87. The molecule has 1 aromatic rings. The Kier molecular flexibility index (Phi) is 3.59. The van der Waals surface area contributed by atoms with Gasteiger partial charge >= 0.3 is 12.0 Å². The van der Waals surface area contributed by atoms with Crippen LogP contribution >= 0.6 is 0 Å². The Bertz CT molecular complexity index is 684. The van der Waals surface area contributed by atoms with Crippen molar-refractivity contribution in [3.05, 3.63) is 23.8 Å². The van der Waals surface area contributed by atoms with E-state index in [9.17, 15) is 14.4 Å². The number of rotatable bonds is 5. The standard InChI is InChI=1S/C15H17N3O5/c1-23-11-3-2-9(8-10(11)18-7-6-16-14(18)22)12(19)17-15(4-5-15)13(20)21/h2-3,8H,4-7H2,1H3,(H,16,22)(H,17,19)(H,20,21). The van der Waals surface area contributed by atoms with Crippen LogP contribution in [0.25, 0.3) is 0 Å². The van der Waals surface area contributed by atoms with Gasteiger partial charge in [-0.25, -0.2) is 9.59 Å². The van der Waals surface area contributed by atoms with Gasteiger partial charge in [-0.3, -0.25) is 9.69 Å². The smallest absolute Gasteiger partial charge is 0.329 e. The molecule has 2 aliphatic rings. The van der Waals surface area contributed by atoms with Gasteiger partial charge in [0, 0.05) is 18.7 Å². The number of carboxylic acids is 1. The number of nitrogens with one attached hydrogen (secondary N) is 2. The van der Waals surface area contributed by atoms with Crippen LogP contribution in [-0.4, -0.2) is 48.8 Å². The molecule has 1 heterocycles. The van der Waals surface area contributed by atoms with Gasteiger partial charge in [0.05, 0.1) is 12.8 Å². The van der Waals surface area contributed by atoms with Crippen molar-refractivity contribution >= 4 is 23.6 Å². The van der Waals surface area contributed by atoms with Crippen LogP contribution in [-0.2, 0) is 4.79 Å². The molecule has 3 amide bonds. The Hall–Kier alpha value is -2.77. The van der Waals surface area contributed by atoms with Crippen LogP contribution in [0.1, 0.15) is 23.2 Å². The minimum absolute atomic E-state index is 0.259. The number of hydrogen-bond donors (Lipinski definition) is 3. The van der Waals surface area contributed by atoms with Gasteiger partial charge in [0.1, 0.15) is 11.3 Å². The van der Waals surface area contributed by atoms with E-state index in [1.807, 2.05) is 0 Å². The van der Waals surface area contributed by atoms with Crippen molar-refractivity contribution in [2.45, 2.75) is 18.4 Å². The lowest BCUT2D eigenvalue weighted by Gasteiger charge is -2.19. The molecule has 0 bridgehead atoms. The number of nitrogens with zero attached hydrogens (tertiary/aromatic N) is 1. The van der Waals surface area contributed by atoms with E-state index in [0.717, 1.165) is 0 Å². The number of hydrogen-bond acceptors (Lipinski definition) is 4. The van der Waals surface area contributed by atoms with Gasteiger partial charge in [0.15, 0.2) is 0 Å². The number of methoxy groups -OCH3 is 1. The van der Waals surface area contributed by atoms with Gasteiger partial charge < -0.3 is 20.5 Å². The molecule has 122 valence electrons. The van der Waals surface area contributed by atoms with Crippen LogP contribution < -0.4 is 20.3 Å². The normalized spacial score (nSPS) is 18.3. The summed E-state index contributed by atoms with van der Waals surface area (Å²) in [5.74, 6) is -1.04. The number of carboxylic acid groups (broad SMARTS) is 1. The summed E-state index contributed by atoms with van der Waals surface area (Å²) in [6.07, 6.45) is 0.844. The van der Waals surface area contributed by atoms with Crippen LogP contribution in [0.15, 0.2) is 18.2 Å².